The van der Waals surface area contributed by atoms with Crippen LogP contribution in [0.4, 0.5) is 5.69 Å². The van der Waals surface area contributed by atoms with Crippen molar-refractivity contribution in [2.24, 2.45) is 5.92 Å². The highest BCUT2D eigenvalue weighted by Gasteiger charge is 2.31. The van der Waals surface area contributed by atoms with Crippen LogP contribution in [0.3, 0.4) is 0 Å². The number of nitrogens with zero attached hydrogens (tertiary/aromatic N) is 1. The monoisotopic (exact) mass is 476 g/mol. The van der Waals surface area contributed by atoms with E-state index in [1.807, 2.05) is 49.4 Å². The smallest absolute Gasteiger partial charge is 0.310 e. The molecule has 1 aliphatic heterocycles. The maximum absolute atomic E-state index is 13.0. The number of rotatable bonds is 7. The van der Waals surface area contributed by atoms with Crippen LogP contribution in [0.15, 0.2) is 66.7 Å². The fourth-order valence-corrected chi connectivity index (χ4v) is 4.30. The molecule has 0 unspecified atom stereocenters. The largest absolute Gasteiger partial charge is 0.469 e. The molecule has 4 rings (SSSR count). The molecule has 1 N–H and O–H groups in total. The van der Waals surface area contributed by atoms with E-state index in [9.17, 15) is 14.4 Å². The van der Waals surface area contributed by atoms with Crippen LogP contribution in [-0.2, 0) is 16.1 Å². The molecule has 0 spiro atoms. The zero-order valence-electron chi connectivity index (χ0n) is 19.0. The fraction of sp³-hybridized carbons (Fsp3) is 0.222. The Hall–Kier alpha value is -3.64. The molecule has 34 heavy (non-hydrogen) atoms. The van der Waals surface area contributed by atoms with Crippen molar-refractivity contribution < 1.29 is 19.1 Å². The molecule has 0 saturated heterocycles. The van der Waals surface area contributed by atoms with Gasteiger partial charge in [0.25, 0.3) is 11.8 Å². The maximum Gasteiger partial charge on any atom is 0.310 e. The van der Waals surface area contributed by atoms with Gasteiger partial charge in [-0.15, -0.1) is 0 Å². The summed E-state index contributed by atoms with van der Waals surface area (Å²) in [5.74, 6) is -0.994. The van der Waals surface area contributed by atoms with Crippen LogP contribution in [0, 0.1) is 5.92 Å². The van der Waals surface area contributed by atoms with Gasteiger partial charge in [-0.1, -0.05) is 54.9 Å². The van der Waals surface area contributed by atoms with E-state index in [0.29, 0.717) is 41.3 Å². The van der Waals surface area contributed by atoms with Crippen molar-refractivity contribution in [3.63, 3.8) is 0 Å². The highest BCUT2D eigenvalue weighted by Crippen LogP contribution is 2.30. The molecule has 0 radical (unpaired) electrons. The van der Waals surface area contributed by atoms with Crippen molar-refractivity contribution in [1.29, 1.82) is 0 Å². The zero-order chi connectivity index (χ0) is 24.2. The Morgan fingerprint density at radius 1 is 1.06 bits per heavy atom. The third-order valence-corrected chi connectivity index (χ3v) is 6.38. The molecule has 174 valence electrons. The number of carbonyl (C=O) groups excluding carboxylic acids is 3. The summed E-state index contributed by atoms with van der Waals surface area (Å²) in [6.45, 7) is 2.73. The van der Waals surface area contributed by atoms with E-state index in [4.69, 9.17) is 16.3 Å². The second-order valence-electron chi connectivity index (χ2n) is 8.20. The summed E-state index contributed by atoms with van der Waals surface area (Å²) in [5, 5.41) is 3.24. The third kappa shape index (κ3) is 4.82. The topological polar surface area (TPSA) is 75.7 Å². The summed E-state index contributed by atoms with van der Waals surface area (Å²) < 4.78 is 4.86. The lowest BCUT2D eigenvalue weighted by Crippen LogP contribution is -2.33. The summed E-state index contributed by atoms with van der Waals surface area (Å²) in [6, 6.07) is 20.1. The van der Waals surface area contributed by atoms with Gasteiger partial charge >= 0.3 is 5.97 Å². The molecule has 1 atom stereocenters. The van der Waals surface area contributed by atoms with Crippen LogP contribution in [-0.4, -0.2) is 36.3 Å². The maximum atomic E-state index is 13.0. The lowest BCUT2D eigenvalue weighted by atomic mass is 10.00. The molecule has 2 amide bonds. The summed E-state index contributed by atoms with van der Waals surface area (Å²) in [5.41, 5.74) is 4.46. The van der Waals surface area contributed by atoms with Gasteiger partial charge < -0.3 is 15.0 Å². The highest BCUT2D eigenvalue weighted by atomic mass is 35.5. The summed E-state index contributed by atoms with van der Waals surface area (Å²) in [4.78, 5) is 39.1. The summed E-state index contributed by atoms with van der Waals surface area (Å²) >= 11 is 6.10. The molecule has 3 aromatic carbocycles. The molecular weight excluding hydrogens is 452 g/mol. The molecule has 7 heteroatoms. The molecule has 0 aliphatic carbocycles. The minimum atomic E-state index is -0.337. The summed E-state index contributed by atoms with van der Waals surface area (Å²) in [6.07, 6.45) is 0.609. The first-order valence-corrected chi connectivity index (χ1v) is 11.5. The number of anilines is 1. The van der Waals surface area contributed by atoms with Crippen molar-refractivity contribution in [2.75, 3.05) is 19.0 Å². The Labute approximate surface area is 203 Å². The van der Waals surface area contributed by atoms with Crippen LogP contribution in [0.5, 0.6) is 0 Å². The number of ether oxygens (including phenoxy) is 1. The number of hydrogen-bond donors (Lipinski definition) is 1. The molecule has 6 nitrogen and oxygen atoms in total. The molecule has 0 saturated carbocycles. The normalized spacial score (nSPS) is 13.4. The van der Waals surface area contributed by atoms with Crippen LogP contribution in [0.1, 0.15) is 39.6 Å². The van der Waals surface area contributed by atoms with E-state index in [2.05, 4.69) is 5.32 Å². The van der Waals surface area contributed by atoms with Crippen LogP contribution in [0.25, 0.3) is 11.1 Å². The van der Waals surface area contributed by atoms with Crippen molar-refractivity contribution in [2.45, 2.75) is 19.9 Å². The fourth-order valence-electron chi connectivity index (χ4n) is 4.08. The van der Waals surface area contributed by atoms with E-state index in [1.54, 1.807) is 29.2 Å². The minimum absolute atomic E-state index is 0.0807. The Morgan fingerprint density at radius 3 is 2.44 bits per heavy atom. The zero-order valence-corrected chi connectivity index (χ0v) is 19.8. The second-order valence-corrected chi connectivity index (χ2v) is 8.60. The van der Waals surface area contributed by atoms with Crippen molar-refractivity contribution in [1.82, 2.24) is 4.90 Å². The molecule has 1 aliphatic rings. The molecule has 0 aromatic heterocycles. The Kier molecular flexibility index (Phi) is 6.98. The quantitative estimate of drug-likeness (QED) is 0.462. The van der Waals surface area contributed by atoms with Gasteiger partial charge in [0.2, 0.25) is 0 Å². The van der Waals surface area contributed by atoms with Gasteiger partial charge in [-0.3, -0.25) is 14.4 Å². The van der Waals surface area contributed by atoms with Crippen LogP contribution in [0.2, 0.25) is 5.02 Å². The number of carbonyl (C=O) groups is 3. The average molecular weight is 477 g/mol. The predicted molar refractivity (Wildman–Crippen MR) is 132 cm³/mol. The number of benzene rings is 3. The minimum Gasteiger partial charge on any atom is -0.469 e. The molecule has 0 fully saturated rings. The molecule has 1 heterocycles. The Balaban J connectivity index is 1.47. The molecule has 3 aromatic rings. The van der Waals surface area contributed by atoms with Gasteiger partial charge in [0, 0.05) is 24.3 Å². The lowest BCUT2D eigenvalue weighted by molar-refractivity contribution is -0.146. The first kappa shape index (κ1) is 23.5. The SMILES string of the molecule is CC[C@@H](CN1Cc2ccc(-c3ccc(NC(=O)c4ccccc4Cl)cc3)cc2C1=O)C(=O)OC. The third-order valence-electron chi connectivity index (χ3n) is 6.05. The second kappa shape index (κ2) is 10.1. The lowest BCUT2D eigenvalue weighted by Gasteiger charge is -2.20. The first-order chi connectivity index (χ1) is 16.4. The first-order valence-electron chi connectivity index (χ1n) is 11.1. The predicted octanol–water partition coefficient (Wildman–Crippen LogP) is 5.41. The summed E-state index contributed by atoms with van der Waals surface area (Å²) in [7, 11) is 1.37. The van der Waals surface area contributed by atoms with E-state index in [1.165, 1.54) is 7.11 Å². The van der Waals surface area contributed by atoms with Gasteiger partial charge in [-0.25, -0.2) is 0 Å². The number of halogens is 1. The Bertz CT molecular complexity index is 1240. The van der Waals surface area contributed by atoms with E-state index in [-0.39, 0.29) is 23.7 Å². The van der Waals surface area contributed by atoms with Gasteiger partial charge in [-0.2, -0.15) is 0 Å². The molecular formula is C27H25ClN2O4. The average Bonchev–Trinajstić information content (AvgIpc) is 3.17. The number of nitrogens with one attached hydrogen (secondary N) is 1. The van der Waals surface area contributed by atoms with Crippen LogP contribution < -0.4 is 5.32 Å². The van der Waals surface area contributed by atoms with Crippen molar-refractivity contribution >= 4 is 35.1 Å². The van der Waals surface area contributed by atoms with Gasteiger partial charge in [-0.05, 0) is 53.4 Å². The Morgan fingerprint density at radius 2 is 1.76 bits per heavy atom. The van der Waals surface area contributed by atoms with Gasteiger partial charge in [0.05, 0.1) is 23.6 Å². The molecule has 0 bridgehead atoms. The van der Waals surface area contributed by atoms with E-state index >= 15 is 0 Å². The number of methoxy groups -OCH3 is 1. The number of hydrogen-bond acceptors (Lipinski definition) is 4. The van der Waals surface area contributed by atoms with Crippen LogP contribution >= 0.6 is 11.6 Å². The van der Waals surface area contributed by atoms with E-state index in [0.717, 1.165) is 16.7 Å². The number of esters is 1. The standard InChI is InChI=1S/C27H25ClN2O4/c1-3-17(27(33)34-2)15-30-16-20-9-8-19(14-23(20)26(30)32)18-10-12-21(13-11-18)29-25(31)22-6-4-5-7-24(22)28/h4-14,17H,3,15-16H2,1-2H3,(H,29,31)/t17-/m0/s1. The van der Waals surface area contributed by atoms with Gasteiger partial charge in [0.15, 0.2) is 0 Å². The van der Waals surface area contributed by atoms with E-state index < -0.39 is 0 Å². The van der Waals surface area contributed by atoms with Crippen molar-refractivity contribution in [3.05, 3.63) is 88.4 Å². The number of amides is 2. The highest BCUT2D eigenvalue weighted by molar-refractivity contribution is 6.34. The van der Waals surface area contributed by atoms with Gasteiger partial charge in [0.1, 0.15) is 0 Å². The van der Waals surface area contributed by atoms with Crippen molar-refractivity contribution in [3.8, 4) is 11.1 Å². The number of fused-ring (bicyclic) bond motifs is 1.